The van der Waals surface area contributed by atoms with Crippen LogP contribution in [0.15, 0.2) is 60.9 Å². The van der Waals surface area contributed by atoms with Crippen LogP contribution in [0.4, 0.5) is 0 Å². The first-order valence-corrected chi connectivity index (χ1v) is 11.3. The summed E-state index contributed by atoms with van der Waals surface area (Å²) in [5, 5.41) is 0. The van der Waals surface area contributed by atoms with E-state index < -0.39 is 0 Å². The topological polar surface area (TPSA) is 56.6 Å². The predicted molar refractivity (Wildman–Crippen MR) is 122 cm³/mol. The van der Waals surface area contributed by atoms with E-state index in [1.165, 1.54) is 5.56 Å². The van der Waals surface area contributed by atoms with Crippen molar-refractivity contribution in [1.82, 2.24) is 14.5 Å². The minimum absolute atomic E-state index is 0.0309. The van der Waals surface area contributed by atoms with Crippen LogP contribution in [0.3, 0.4) is 0 Å². The number of aromatic nitrogens is 2. The summed E-state index contributed by atoms with van der Waals surface area (Å²) >= 11 is 0. The minimum atomic E-state index is -0.0562. The van der Waals surface area contributed by atoms with Gasteiger partial charge >= 0.3 is 0 Å². The molecule has 3 aromatic rings. The van der Waals surface area contributed by atoms with E-state index in [1.54, 1.807) is 13.4 Å². The summed E-state index contributed by atoms with van der Waals surface area (Å²) in [5.74, 6) is 1.49. The van der Waals surface area contributed by atoms with Crippen molar-refractivity contribution in [2.24, 2.45) is 5.92 Å². The molecule has 0 aliphatic carbocycles. The lowest BCUT2D eigenvalue weighted by Crippen LogP contribution is -2.39. The van der Waals surface area contributed by atoms with Crippen molar-refractivity contribution in [3.05, 3.63) is 83.4 Å². The molecule has 1 atom stereocenters. The van der Waals surface area contributed by atoms with Gasteiger partial charge in [0.05, 0.1) is 32.3 Å². The van der Waals surface area contributed by atoms with Gasteiger partial charge in [0, 0.05) is 13.1 Å². The number of carbonyl (C=O) groups is 1. The van der Waals surface area contributed by atoms with Crippen molar-refractivity contribution in [3.63, 3.8) is 0 Å². The minimum Gasteiger partial charge on any atom is -0.497 e. The van der Waals surface area contributed by atoms with Gasteiger partial charge in [0.15, 0.2) is 5.69 Å². The lowest BCUT2D eigenvalue weighted by atomic mass is 9.90. The monoisotopic (exact) mass is 431 g/mol. The number of hydrogen-bond acceptors (Lipinski definition) is 4. The number of likely N-dealkylation sites (tertiary alicyclic amines) is 1. The molecule has 1 fully saturated rings. The third kappa shape index (κ3) is 4.28. The Hall–Kier alpha value is -3.12. The zero-order valence-electron chi connectivity index (χ0n) is 18.4. The van der Waals surface area contributed by atoms with Gasteiger partial charge in [0.25, 0.3) is 5.91 Å². The van der Waals surface area contributed by atoms with Gasteiger partial charge in [-0.2, -0.15) is 0 Å². The smallest absolute Gasteiger partial charge is 0.274 e. The first-order chi connectivity index (χ1) is 15.7. The van der Waals surface area contributed by atoms with Crippen LogP contribution in [-0.4, -0.2) is 40.6 Å². The van der Waals surface area contributed by atoms with Crippen molar-refractivity contribution in [2.75, 3.05) is 20.2 Å². The number of benzene rings is 2. The molecule has 1 aromatic heterocycles. The maximum absolute atomic E-state index is 13.2. The zero-order chi connectivity index (χ0) is 21.9. The molecular weight excluding hydrogens is 402 g/mol. The van der Waals surface area contributed by atoms with E-state index in [4.69, 9.17) is 9.47 Å². The van der Waals surface area contributed by atoms with E-state index in [2.05, 4.69) is 39.9 Å². The first-order valence-electron chi connectivity index (χ1n) is 11.3. The van der Waals surface area contributed by atoms with Crippen LogP contribution in [-0.2, 0) is 24.3 Å². The number of carbonyl (C=O) groups excluding carboxylic acids is 1. The van der Waals surface area contributed by atoms with E-state index in [0.717, 1.165) is 49.4 Å². The third-order valence-electron chi connectivity index (χ3n) is 6.69. The molecule has 2 aliphatic rings. The summed E-state index contributed by atoms with van der Waals surface area (Å²) in [4.78, 5) is 19.6. The third-order valence-corrected chi connectivity index (χ3v) is 6.69. The summed E-state index contributed by atoms with van der Waals surface area (Å²) in [6.07, 6.45) is 4.88. The Kier molecular flexibility index (Phi) is 5.95. The van der Waals surface area contributed by atoms with E-state index >= 15 is 0 Å². The second-order valence-electron chi connectivity index (χ2n) is 8.69. The van der Waals surface area contributed by atoms with E-state index in [9.17, 15) is 4.79 Å². The largest absolute Gasteiger partial charge is 0.497 e. The number of amides is 1. The van der Waals surface area contributed by atoms with Gasteiger partial charge < -0.3 is 18.9 Å². The van der Waals surface area contributed by atoms with Gasteiger partial charge in [0.2, 0.25) is 0 Å². The second kappa shape index (κ2) is 9.17. The fraction of sp³-hybridized carbons (Fsp3) is 0.385. The molecule has 0 radical (unpaired) electrons. The molecule has 0 N–H and O–H groups in total. The number of piperidine rings is 1. The zero-order valence-corrected chi connectivity index (χ0v) is 18.4. The molecule has 32 heavy (non-hydrogen) atoms. The highest BCUT2D eigenvalue weighted by Crippen LogP contribution is 2.30. The van der Waals surface area contributed by atoms with Crippen LogP contribution >= 0.6 is 0 Å². The quantitative estimate of drug-likeness (QED) is 0.606. The van der Waals surface area contributed by atoms with Crippen LogP contribution in [0.2, 0.25) is 0 Å². The van der Waals surface area contributed by atoms with Gasteiger partial charge in [-0.1, -0.05) is 42.5 Å². The Labute approximate surface area is 188 Å². The van der Waals surface area contributed by atoms with Crippen molar-refractivity contribution >= 4 is 5.91 Å². The number of rotatable bonds is 5. The molecule has 0 spiro atoms. The molecule has 1 unspecified atom stereocenters. The first kappa shape index (κ1) is 20.8. The van der Waals surface area contributed by atoms with Crippen molar-refractivity contribution in [1.29, 1.82) is 0 Å². The molecule has 0 saturated carbocycles. The molecular formula is C26H29N3O3. The standard InChI is InChI=1S/C26H29N3O3/c1-31-22-9-7-21(8-10-22)24-16-29-18-27-25(23(29)17-32-24)26(30)28-13-11-20(12-14-28)15-19-5-3-2-4-6-19/h2-10,18,20,24H,11-17H2,1H3. The predicted octanol–water partition coefficient (Wildman–Crippen LogP) is 4.26. The SMILES string of the molecule is COc1ccc(C2Cn3cnc(C(=O)N4CCC(Cc5ccccc5)CC4)c3CO2)cc1. The van der Waals surface area contributed by atoms with Crippen LogP contribution in [0.1, 0.15) is 46.3 Å². The van der Waals surface area contributed by atoms with Crippen molar-refractivity contribution in [2.45, 2.75) is 38.5 Å². The summed E-state index contributed by atoms with van der Waals surface area (Å²) in [6.45, 7) is 2.62. The van der Waals surface area contributed by atoms with Gasteiger partial charge in [-0.3, -0.25) is 4.79 Å². The normalized spacial score (nSPS) is 18.9. The van der Waals surface area contributed by atoms with Crippen LogP contribution in [0.25, 0.3) is 0 Å². The molecule has 5 rings (SSSR count). The number of hydrogen-bond donors (Lipinski definition) is 0. The molecule has 2 aromatic carbocycles. The van der Waals surface area contributed by atoms with Gasteiger partial charge in [0.1, 0.15) is 11.9 Å². The van der Waals surface area contributed by atoms with E-state index in [-0.39, 0.29) is 12.0 Å². The summed E-state index contributed by atoms with van der Waals surface area (Å²) in [7, 11) is 1.66. The summed E-state index contributed by atoms with van der Waals surface area (Å²) in [6, 6.07) is 18.6. The highest BCUT2D eigenvalue weighted by atomic mass is 16.5. The molecule has 6 heteroatoms. The number of methoxy groups -OCH3 is 1. The molecule has 166 valence electrons. The number of fused-ring (bicyclic) bond motifs is 1. The highest BCUT2D eigenvalue weighted by Gasteiger charge is 2.30. The number of ether oxygens (including phenoxy) is 2. The molecule has 1 amide bonds. The summed E-state index contributed by atoms with van der Waals surface area (Å²) in [5.41, 5.74) is 3.90. The van der Waals surface area contributed by atoms with E-state index in [1.807, 2.05) is 29.2 Å². The Balaban J connectivity index is 1.21. The fourth-order valence-corrected chi connectivity index (χ4v) is 4.76. The second-order valence-corrected chi connectivity index (χ2v) is 8.69. The number of nitrogens with zero attached hydrogens (tertiary/aromatic N) is 3. The number of imidazole rings is 1. The lowest BCUT2D eigenvalue weighted by molar-refractivity contribution is 0.00225. The van der Waals surface area contributed by atoms with Gasteiger partial charge in [-0.25, -0.2) is 4.98 Å². The Morgan fingerprint density at radius 3 is 2.56 bits per heavy atom. The molecule has 0 bridgehead atoms. The Morgan fingerprint density at radius 1 is 1.09 bits per heavy atom. The van der Waals surface area contributed by atoms with Crippen LogP contribution < -0.4 is 4.74 Å². The lowest BCUT2D eigenvalue weighted by Gasteiger charge is -2.32. The highest BCUT2D eigenvalue weighted by molar-refractivity contribution is 5.93. The summed E-state index contributed by atoms with van der Waals surface area (Å²) < 4.78 is 13.4. The maximum atomic E-state index is 13.2. The average molecular weight is 432 g/mol. The van der Waals surface area contributed by atoms with Gasteiger partial charge in [-0.15, -0.1) is 0 Å². The Bertz CT molecular complexity index is 1050. The van der Waals surface area contributed by atoms with Crippen LogP contribution in [0, 0.1) is 5.92 Å². The maximum Gasteiger partial charge on any atom is 0.274 e. The molecule has 1 saturated heterocycles. The molecule has 2 aliphatic heterocycles. The van der Waals surface area contributed by atoms with Crippen molar-refractivity contribution in [3.8, 4) is 5.75 Å². The van der Waals surface area contributed by atoms with Crippen molar-refractivity contribution < 1.29 is 14.3 Å². The van der Waals surface area contributed by atoms with Gasteiger partial charge in [-0.05, 0) is 48.4 Å². The molecule has 3 heterocycles. The van der Waals surface area contributed by atoms with E-state index in [0.29, 0.717) is 24.8 Å². The fourth-order valence-electron chi connectivity index (χ4n) is 4.76. The Morgan fingerprint density at radius 2 is 1.84 bits per heavy atom. The van der Waals surface area contributed by atoms with Crippen LogP contribution in [0.5, 0.6) is 5.75 Å². The molecule has 6 nitrogen and oxygen atoms in total. The average Bonchev–Trinajstić information content (AvgIpc) is 3.28.